The third-order valence-electron chi connectivity index (χ3n) is 7.08. The van der Waals surface area contributed by atoms with E-state index in [-0.39, 0.29) is 28.3 Å². The summed E-state index contributed by atoms with van der Waals surface area (Å²) in [5, 5.41) is 34.9. The standard InChI is InChI=1S/C23H27N3O7S/c1-10-17(16(21(31)32)26-18(10)23(3,11(2)27)22(26)33)34-14-8-15(24-9-14)19(28)25-13-6-4-5-12(7-13)20(29)30/h4-7,10-11,14-15,18,24,27H,8-9H2,1-3H3,(H,25,28)(H,29,30)(H,31,32). The van der Waals surface area contributed by atoms with Gasteiger partial charge in [-0.05, 0) is 38.5 Å². The number of aliphatic carboxylic acids is 1. The quantitative estimate of drug-likeness (QED) is 0.357. The highest BCUT2D eigenvalue weighted by atomic mass is 32.2. The van der Waals surface area contributed by atoms with Gasteiger partial charge in [-0.3, -0.25) is 14.5 Å². The molecule has 1 aromatic carbocycles. The number of nitrogens with one attached hydrogen (secondary N) is 2. The Morgan fingerprint density at radius 1 is 1.26 bits per heavy atom. The van der Waals surface area contributed by atoms with Gasteiger partial charge in [-0.15, -0.1) is 11.8 Å². The topological polar surface area (TPSA) is 156 Å². The van der Waals surface area contributed by atoms with Crippen molar-refractivity contribution >= 4 is 41.2 Å². The summed E-state index contributed by atoms with van der Waals surface area (Å²) in [6.07, 6.45) is -0.478. The van der Waals surface area contributed by atoms with Gasteiger partial charge >= 0.3 is 11.9 Å². The monoisotopic (exact) mass is 489 g/mol. The molecular weight excluding hydrogens is 462 g/mol. The van der Waals surface area contributed by atoms with Crippen LogP contribution in [0, 0.1) is 11.3 Å². The SMILES string of the molecule is CC1C(SC2CNC(C(=O)Nc3cccc(C(=O)O)c3)C2)=C(C(=O)O)N2C(=O)C(C)(C(C)O)C12. The van der Waals surface area contributed by atoms with Gasteiger partial charge in [-0.1, -0.05) is 13.0 Å². The number of carboxylic acid groups (broad SMARTS) is 2. The second kappa shape index (κ2) is 8.71. The van der Waals surface area contributed by atoms with Crippen molar-refractivity contribution in [1.82, 2.24) is 10.2 Å². The minimum absolute atomic E-state index is 0.0380. The number of rotatable bonds is 7. The molecule has 2 fully saturated rings. The van der Waals surface area contributed by atoms with Crippen LogP contribution < -0.4 is 10.6 Å². The molecule has 5 N–H and O–H groups in total. The van der Waals surface area contributed by atoms with Crippen LogP contribution in [-0.2, 0) is 14.4 Å². The normalized spacial score (nSPS) is 31.2. The number of carbonyl (C=O) groups excluding carboxylic acids is 2. The van der Waals surface area contributed by atoms with Crippen LogP contribution in [0.4, 0.5) is 5.69 Å². The van der Waals surface area contributed by atoms with Gasteiger partial charge in [-0.2, -0.15) is 0 Å². The molecule has 4 rings (SSSR count). The van der Waals surface area contributed by atoms with Crippen LogP contribution in [0.1, 0.15) is 37.6 Å². The third-order valence-corrected chi connectivity index (χ3v) is 8.59. The van der Waals surface area contributed by atoms with Crippen molar-refractivity contribution in [2.45, 2.75) is 50.6 Å². The smallest absolute Gasteiger partial charge is 0.353 e. The molecular formula is C23H27N3O7S. The average Bonchev–Trinajstić information content (AvgIpc) is 3.35. The lowest BCUT2D eigenvalue weighted by Crippen LogP contribution is -2.70. The van der Waals surface area contributed by atoms with Gasteiger partial charge in [-0.25, -0.2) is 9.59 Å². The van der Waals surface area contributed by atoms with E-state index in [4.69, 9.17) is 5.11 Å². The molecule has 0 aromatic heterocycles. The molecule has 6 unspecified atom stereocenters. The molecule has 11 heteroatoms. The Hall–Kier alpha value is -2.89. The van der Waals surface area contributed by atoms with Crippen molar-refractivity contribution in [2.24, 2.45) is 11.3 Å². The fraction of sp³-hybridized carbons (Fsp3) is 0.478. The molecule has 3 heterocycles. The van der Waals surface area contributed by atoms with Crippen molar-refractivity contribution < 1.29 is 34.5 Å². The zero-order valence-electron chi connectivity index (χ0n) is 18.9. The van der Waals surface area contributed by atoms with Crippen molar-refractivity contribution in [2.75, 3.05) is 11.9 Å². The summed E-state index contributed by atoms with van der Waals surface area (Å²) in [7, 11) is 0. The van der Waals surface area contributed by atoms with Gasteiger partial charge < -0.3 is 26.0 Å². The summed E-state index contributed by atoms with van der Waals surface area (Å²) in [5.74, 6) is -3.23. The van der Waals surface area contributed by atoms with Crippen molar-refractivity contribution in [3.05, 3.63) is 40.4 Å². The molecule has 3 aliphatic heterocycles. The van der Waals surface area contributed by atoms with Crippen LogP contribution >= 0.6 is 11.8 Å². The first kappa shape index (κ1) is 24.2. The van der Waals surface area contributed by atoms with E-state index in [1.807, 2.05) is 6.92 Å². The van der Waals surface area contributed by atoms with E-state index in [2.05, 4.69) is 10.6 Å². The average molecular weight is 490 g/mol. The summed E-state index contributed by atoms with van der Waals surface area (Å²) >= 11 is 1.36. The number of amides is 2. The molecule has 0 saturated carbocycles. The first-order valence-corrected chi connectivity index (χ1v) is 11.9. The fourth-order valence-electron chi connectivity index (χ4n) is 5.10. The summed E-state index contributed by atoms with van der Waals surface area (Å²) in [6.45, 7) is 5.55. The van der Waals surface area contributed by atoms with Gasteiger partial charge in [0, 0.05) is 28.3 Å². The van der Waals surface area contributed by atoms with Crippen molar-refractivity contribution in [1.29, 1.82) is 0 Å². The van der Waals surface area contributed by atoms with E-state index < -0.39 is 41.4 Å². The van der Waals surface area contributed by atoms with Crippen LogP contribution in [0.25, 0.3) is 0 Å². The van der Waals surface area contributed by atoms with E-state index >= 15 is 0 Å². The van der Waals surface area contributed by atoms with Crippen molar-refractivity contribution in [3.63, 3.8) is 0 Å². The fourth-order valence-corrected chi connectivity index (χ4v) is 6.57. The van der Waals surface area contributed by atoms with Crippen LogP contribution in [0.3, 0.4) is 0 Å². The lowest BCUT2D eigenvalue weighted by atomic mass is 9.66. The number of hydrogen-bond donors (Lipinski definition) is 5. The van der Waals surface area contributed by atoms with Crippen LogP contribution in [-0.4, -0.2) is 74.0 Å². The molecule has 0 spiro atoms. The maximum absolute atomic E-state index is 12.8. The number of nitrogens with zero attached hydrogens (tertiary/aromatic N) is 1. The van der Waals surface area contributed by atoms with Crippen LogP contribution in [0.2, 0.25) is 0 Å². The predicted molar refractivity (Wildman–Crippen MR) is 124 cm³/mol. The first-order chi connectivity index (χ1) is 16.0. The number of anilines is 1. The molecule has 0 radical (unpaired) electrons. The molecule has 2 saturated heterocycles. The lowest BCUT2D eigenvalue weighted by molar-refractivity contribution is -0.181. The molecule has 1 aromatic rings. The molecule has 10 nitrogen and oxygen atoms in total. The number of carboxylic acids is 2. The Labute approximate surface area is 200 Å². The minimum Gasteiger partial charge on any atom is -0.478 e. The number of aromatic carboxylic acids is 1. The summed E-state index contributed by atoms with van der Waals surface area (Å²) in [6, 6.07) is 5.02. The van der Waals surface area contributed by atoms with Gasteiger partial charge in [0.2, 0.25) is 11.8 Å². The zero-order chi connectivity index (χ0) is 24.9. The number of carbonyl (C=O) groups is 4. The molecule has 34 heavy (non-hydrogen) atoms. The first-order valence-electron chi connectivity index (χ1n) is 11.0. The number of aliphatic hydroxyl groups is 1. The largest absolute Gasteiger partial charge is 0.478 e. The highest BCUT2D eigenvalue weighted by molar-refractivity contribution is 8.03. The Morgan fingerprint density at radius 2 is 1.97 bits per heavy atom. The number of hydrogen-bond acceptors (Lipinski definition) is 7. The van der Waals surface area contributed by atoms with Crippen LogP contribution in [0.5, 0.6) is 0 Å². The van der Waals surface area contributed by atoms with Gasteiger partial charge in [0.1, 0.15) is 5.70 Å². The maximum Gasteiger partial charge on any atom is 0.353 e. The number of fused-ring (bicyclic) bond motifs is 1. The second-order valence-electron chi connectivity index (χ2n) is 9.20. The zero-order valence-corrected chi connectivity index (χ0v) is 19.8. The lowest BCUT2D eigenvalue weighted by Gasteiger charge is -2.54. The van der Waals surface area contributed by atoms with E-state index in [1.54, 1.807) is 26.0 Å². The number of benzene rings is 1. The van der Waals surface area contributed by atoms with Crippen molar-refractivity contribution in [3.8, 4) is 0 Å². The molecule has 3 aliphatic rings. The summed E-state index contributed by atoms with van der Waals surface area (Å²) in [5.41, 5.74) is -0.631. The minimum atomic E-state index is -1.18. The summed E-state index contributed by atoms with van der Waals surface area (Å²) in [4.78, 5) is 50.6. The molecule has 2 amide bonds. The van der Waals surface area contributed by atoms with Gasteiger partial charge in [0.25, 0.3) is 0 Å². The number of thioether (sulfide) groups is 1. The van der Waals surface area contributed by atoms with Crippen LogP contribution in [0.15, 0.2) is 34.9 Å². The number of aliphatic hydroxyl groups excluding tert-OH is 1. The Morgan fingerprint density at radius 3 is 2.59 bits per heavy atom. The molecule has 6 atom stereocenters. The molecule has 0 bridgehead atoms. The van der Waals surface area contributed by atoms with E-state index in [1.165, 1.54) is 28.8 Å². The van der Waals surface area contributed by atoms with Gasteiger partial charge in [0.15, 0.2) is 0 Å². The van der Waals surface area contributed by atoms with E-state index in [9.17, 15) is 29.4 Å². The highest BCUT2D eigenvalue weighted by Gasteiger charge is 2.67. The Bertz CT molecular complexity index is 1100. The Balaban J connectivity index is 1.45. The Kier molecular flexibility index (Phi) is 6.21. The van der Waals surface area contributed by atoms with Gasteiger partial charge in [0.05, 0.1) is 29.2 Å². The second-order valence-corrected chi connectivity index (χ2v) is 10.5. The third kappa shape index (κ3) is 3.77. The predicted octanol–water partition coefficient (Wildman–Crippen LogP) is 1.33. The molecule has 182 valence electrons. The van der Waals surface area contributed by atoms with E-state index in [0.717, 1.165) is 0 Å². The molecule has 0 aliphatic carbocycles. The van der Waals surface area contributed by atoms with E-state index in [0.29, 0.717) is 23.6 Å². The number of β-lactam (4-membered cyclic amide) rings is 1. The highest BCUT2D eigenvalue weighted by Crippen LogP contribution is 2.57. The maximum atomic E-state index is 12.8. The summed E-state index contributed by atoms with van der Waals surface area (Å²) < 4.78 is 0.